The van der Waals surface area contributed by atoms with Crippen molar-refractivity contribution < 1.29 is 19.1 Å². The monoisotopic (exact) mass is 466 g/mol. The van der Waals surface area contributed by atoms with E-state index in [2.05, 4.69) is 19.9 Å². The molecule has 2 fully saturated rings. The van der Waals surface area contributed by atoms with E-state index in [0.717, 1.165) is 55.8 Å². The lowest BCUT2D eigenvalue weighted by Gasteiger charge is -2.32. The number of rotatable bonds is 5. The quantitative estimate of drug-likeness (QED) is 0.663. The molecule has 0 unspecified atom stereocenters. The molecule has 1 saturated carbocycles. The number of carbonyl (C=O) groups is 2. The van der Waals surface area contributed by atoms with Gasteiger partial charge in [-0.1, -0.05) is 0 Å². The molecule has 5 rings (SSSR count). The molecule has 0 radical (unpaired) electrons. The van der Waals surface area contributed by atoms with Gasteiger partial charge in [0, 0.05) is 59.1 Å². The Morgan fingerprint density at radius 1 is 1.12 bits per heavy atom. The second-order valence-corrected chi connectivity index (χ2v) is 9.60. The van der Waals surface area contributed by atoms with Crippen molar-refractivity contribution in [3.05, 3.63) is 35.9 Å². The van der Waals surface area contributed by atoms with Crippen molar-refractivity contribution in [1.82, 2.24) is 24.8 Å². The molecule has 3 aliphatic rings. The van der Waals surface area contributed by atoms with Crippen molar-refractivity contribution in [2.24, 2.45) is 0 Å². The Labute approximate surface area is 198 Å². The predicted molar refractivity (Wildman–Crippen MR) is 124 cm³/mol. The standard InChI is InChI=1S/C24H30N6O4/c1-24(9-10-24)34-23(32)29-11-6-16(7-12-29)33-21-14-20(25-15-26-21)30-13-8-17-19(30)5-4-18(27-17)22(31)28(2)3/h4-5,14-16H,6-13H2,1-3H3. The van der Waals surface area contributed by atoms with Gasteiger partial charge < -0.3 is 24.2 Å². The Bertz CT molecular complexity index is 1090. The zero-order chi connectivity index (χ0) is 23.9. The van der Waals surface area contributed by atoms with E-state index in [9.17, 15) is 9.59 Å². The lowest BCUT2D eigenvalue weighted by molar-refractivity contribution is 0.0380. The SMILES string of the molecule is CN(C)C(=O)c1ccc2c(n1)CCN2c1cc(OC2CCN(C(=O)OC3(C)CC3)CC2)ncn1. The average molecular weight is 467 g/mol. The molecule has 0 atom stereocenters. The maximum absolute atomic E-state index is 12.3. The van der Waals surface area contributed by atoms with Gasteiger partial charge in [-0.3, -0.25) is 4.79 Å². The van der Waals surface area contributed by atoms with E-state index in [-0.39, 0.29) is 23.7 Å². The molecule has 34 heavy (non-hydrogen) atoms. The Kier molecular flexibility index (Phi) is 5.75. The molecule has 10 heteroatoms. The molecule has 2 aromatic rings. The van der Waals surface area contributed by atoms with E-state index in [1.54, 1.807) is 25.1 Å². The topological polar surface area (TPSA) is 101 Å². The number of fused-ring (bicyclic) bond motifs is 1. The molecule has 2 aromatic heterocycles. The summed E-state index contributed by atoms with van der Waals surface area (Å²) in [6.07, 6.45) is 5.34. The molecule has 1 saturated heterocycles. The predicted octanol–water partition coefficient (Wildman–Crippen LogP) is 2.80. The van der Waals surface area contributed by atoms with Crippen molar-refractivity contribution >= 4 is 23.5 Å². The van der Waals surface area contributed by atoms with Gasteiger partial charge in [0.25, 0.3) is 5.91 Å². The highest BCUT2D eigenvalue weighted by Gasteiger charge is 2.43. The highest BCUT2D eigenvalue weighted by molar-refractivity contribution is 5.92. The number of anilines is 2. The molecular formula is C24H30N6O4. The van der Waals surface area contributed by atoms with E-state index < -0.39 is 0 Å². The Morgan fingerprint density at radius 3 is 2.59 bits per heavy atom. The first-order chi connectivity index (χ1) is 16.3. The van der Waals surface area contributed by atoms with Crippen molar-refractivity contribution in [2.75, 3.05) is 38.6 Å². The lowest BCUT2D eigenvalue weighted by Crippen LogP contribution is -2.43. The van der Waals surface area contributed by atoms with Crippen LogP contribution in [0.25, 0.3) is 0 Å². The molecule has 0 N–H and O–H groups in total. The van der Waals surface area contributed by atoms with Crippen LogP contribution in [0.1, 0.15) is 48.8 Å². The molecule has 1 aliphatic carbocycles. The van der Waals surface area contributed by atoms with E-state index >= 15 is 0 Å². The van der Waals surface area contributed by atoms with Crippen LogP contribution in [0.5, 0.6) is 5.88 Å². The zero-order valence-corrected chi connectivity index (χ0v) is 19.9. The third-order valence-electron chi connectivity index (χ3n) is 6.62. The average Bonchev–Trinajstić information content (AvgIpc) is 3.40. The summed E-state index contributed by atoms with van der Waals surface area (Å²) < 4.78 is 11.7. The number of ether oxygens (including phenoxy) is 2. The van der Waals surface area contributed by atoms with E-state index in [1.165, 1.54) is 11.2 Å². The summed E-state index contributed by atoms with van der Waals surface area (Å²) in [6, 6.07) is 5.51. The number of nitrogens with zero attached hydrogens (tertiary/aromatic N) is 6. The van der Waals surface area contributed by atoms with Crippen molar-refractivity contribution in [1.29, 1.82) is 0 Å². The normalized spacial score (nSPS) is 18.9. The first-order valence-electron chi connectivity index (χ1n) is 11.8. The highest BCUT2D eigenvalue weighted by atomic mass is 16.6. The second kappa shape index (κ2) is 8.73. The van der Waals surface area contributed by atoms with E-state index in [4.69, 9.17) is 9.47 Å². The molecule has 4 heterocycles. The van der Waals surface area contributed by atoms with Gasteiger partial charge in [-0.15, -0.1) is 0 Å². The largest absolute Gasteiger partial charge is 0.474 e. The van der Waals surface area contributed by atoms with Gasteiger partial charge in [0.05, 0.1) is 11.4 Å². The molecule has 0 spiro atoms. The third-order valence-corrected chi connectivity index (χ3v) is 6.62. The molecular weight excluding hydrogens is 436 g/mol. The summed E-state index contributed by atoms with van der Waals surface area (Å²) in [5.74, 6) is 1.13. The maximum atomic E-state index is 12.3. The zero-order valence-electron chi connectivity index (χ0n) is 19.9. The minimum atomic E-state index is -0.255. The van der Waals surface area contributed by atoms with Crippen LogP contribution >= 0.6 is 0 Å². The van der Waals surface area contributed by atoms with Crippen LogP contribution in [0.15, 0.2) is 24.5 Å². The van der Waals surface area contributed by atoms with Gasteiger partial charge in [0.1, 0.15) is 29.5 Å². The van der Waals surface area contributed by atoms with Crippen LogP contribution < -0.4 is 9.64 Å². The maximum Gasteiger partial charge on any atom is 0.410 e. The van der Waals surface area contributed by atoms with Gasteiger partial charge in [0.2, 0.25) is 5.88 Å². The van der Waals surface area contributed by atoms with Crippen molar-refractivity contribution in [2.45, 2.75) is 50.7 Å². The smallest absolute Gasteiger partial charge is 0.410 e. The summed E-state index contributed by atoms with van der Waals surface area (Å²) in [5.41, 5.74) is 2.01. The van der Waals surface area contributed by atoms with Crippen LogP contribution in [-0.2, 0) is 11.2 Å². The number of carbonyl (C=O) groups excluding carboxylic acids is 2. The number of pyridine rings is 1. The first kappa shape index (κ1) is 22.4. The minimum Gasteiger partial charge on any atom is -0.474 e. The van der Waals surface area contributed by atoms with Crippen LogP contribution in [0, 0.1) is 0 Å². The van der Waals surface area contributed by atoms with Gasteiger partial charge in [-0.2, -0.15) is 0 Å². The Hall–Kier alpha value is -3.43. The minimum absolute atomic E-state index is 0.0181. The first-order valence-corrected chi connectivity index (χ1v) is 11.8. The summed E-state index contributed by atoms with van der Waals surface area (Å²) in [7, 11) is 3.44. The van der Waals surface area contributed by atoms with Gasteiger partial charge >= 0.3 is 6.09 Å². The number of aromatic nitrogens is 3. The summed E-state index contributed by atoms with van der Waals surface area (Å²) >= 11 is 0. The van der Waals surface area contributed by atoms with Crippen LogP contribution in [0.3, 0.4) is 0 Å². The van der Waals surface area contributed by atoms with Gasteiger partial charge in [-0.25, -0.2) is 19.7 Å². The fraction of sp³-hybridized carbons (Fsp3) is 0.542. The number of hydrogen-bond acceptors (Lipinski definition) is 8. The second-order valence-electron chi connectivity index (χ2n) is 9.60. The summed E-state index contributed by atoms with van der Waals surface area (Å²) in [4.78, 5) is 43.2. The van der Waals surface area contributed by atoms with Gasteiger partial charge in [0.15, 0.2) is 0 Å². The highest BCUT2D eigenvalue weighted by Crippen LogP contribution is 2.39. The number of piperidine rings is 1. The van der Waals surface area contributed by atoms with Crippen LogP contribution in [-0.4, -0.2) is 82.2 Å². The van der Waals surface area contributed by atoms with E-state index in [1.807, 2.05) is 19.1 Å². The molecule has 180 valence electrons. The molecule has 0 bridgehead atoms. The molecule has 10 nitrogen and oxygen atoms in total. The van der Waals surface area contributed by atoms with Crippen LogP contribution in [0.2, 0.25) is 0 Å². The van der Waals surface area contributed by atoms with Gasteiger partial charge in [-0.05, 0) is 31.9 Å². The summed E-state index contributed by atoms with van der Waals surface area (Å²) in [6.45, 7) is 3.91. The lowest BCUT2D eigenvalue weighted by atomic mass is 10.1. The third kappa shape index (κ3) is 4.62. The molecule has 2 aliphatic heterocycles. The van der Waals surface area contributed by atoms with E-state index in [0.29, 0.717) is 24.7 Å². The molecule has 2 amide bonds. The number of hydrogen-bond donors (Lipinski definition) is 0. The molecule has 0 aromatic carbocycles. The fourth-order valence-corrected chi connectivity index (χ4v) is 4.27. The van der Waals surface area contributed by atoms with Crippen LogP contribution in [0.4, 0.5) is 16.3 Å². The Morgan fingerprint density at radius 2 is 1.88 bits per heavy atom. The van der Waals surface area contributed by atoms with Crippen molar-refractivity contribution in [3.63, 3.8) is 0 Å². The fourth-order valence-electron chi connectivity index (χ4n) is 4.27. The van der Waals surface area contributed by atoms with Crippen molar-refractivity contribution in [3.8, 4) is 5.88 Å². The number of amides is 2. The summed E-state index contributed by atoms with van der Waals surface area (Å²) in [5, 5.41) is 0. The number of likely N-dealkylation sites (tertiary alicyclic amines) is 1. The Balaban J connectivity index is 1.21.